The molecule has 0 unspecified atom stereocenters. The number of guanidine groups is 3. The Balaban J connectivity index is 1.97. The maximum atomic E-state index is 15.3. The molecule has 24 N–H and O–H groups in total. The highest BCUT2D eigenvalue weighted by molar-refractivity contribution is 5.99. The van der Waals surface area contributed by atoms with Gasteiger partial charge in [0, 0.05) is 100 Å². The average molecular weight is 1650 g/mol. The van der Waals surface area contributed by atoms with Crippen molar-refractivity contribution in [2.24, 2.45) is 96.5 Å². The number of hydrogen-bond donors (Lipinski definition) is 17. The maximum absolute atomic E-state index is 15.3. The number of Topliss-reactive ketones (excluding diaryl/α,β-unsaturated/α-hetero) is 5. The van der Waals surface area contributed by atoms with E-state index >= 15 is 19.2 Å². The van der Waals surface area contributed by atoms with Crippen LogP contribution in [0.4, 0.5) is 0 Å². The van der Waals surface area contributed by atoms with Gasteiger partial charge in [0.2, 0.25) is 41.4 Å². The van der Waals surface area contributed by atoms with Gasteiger partial charge in [-0.2, -0.15) is 0 Å². The van der Waals surface area contributed by atoms with Crippen molar-refractivity contribution >= 4 is 88.1 Å². The molecule has 12 atom stereocenters. The van der Waals surface area contributed by atoms with Gasteiger partial charge >= 0.3 is 0 Å². The van der Waals surface area contributed by atoms with Crippen LogP contribution in [0.2, 0.25) is 0 Å². The summed E-state index contributed by atoms with van der Waals surface area (Å²) in [4.78, 5) is 191. The maximum Gasteiger partial charge on any atom is 0.243 e. The fourth-order valence-electron chi connectivity index (χ4n) is 14.0. The van der Waals surface area contributed by atoms with Crippen LogP contribution >= 0.6 is 0 Å². The Hall–Kier alpha value is -10.2. The summed E-state index contributed by atoms with van der Waals surface area (Å²) in [7, 11) is 0. The zero-order valence-electron chi connectivity index (χ0n) is 70.5. The van der Waals surface area contributed by atoms with Gasteiger partial charge in [-0.1, -0.05) is 154 Å². The van der Waals surface area contributed by atoms with E-state index in [4.69, 9.17) is 40.1 Å². The fourth-order valence-corrected chi connectivity index (χ4v) is 14.0. The third-order valence-electron chi connectivity index (χ3n) is 20.7. The minimum atomic E-state index is -1.61. The molecule has 0 aliphatic carbocycles. The number of carbonyl (C=O) groups is 12. The Bertz CT molecular complexity index is 3660. The normalized spacial score (nSPS) is 14.4. The fraction of sp³-hybridized carbons (Fsp3) is 0.647. The van der Waals surface area contributed by atoms with Crippen LogP contribution in [0.5, 0.6) is 5.75 Å². The summed E-state index contributed by atoms with van der Waals surface area (Å²) in [5.41, 5.74) is 40.7. The van der Waals surface area contributed by atoms with Crippen LogP contribution in [-0.4, -0.2) is 182 Å². The van der Waals surface area contributed by atoms with E-state index in [0.29, 0.717) is 29.7 Å². The lowest BCUT2D eigenvalue weighted by Crippen LogP contribution is -2.52. The lowest BCUT2D eigenvalue weighted by atomic mass is 9.87. The number of nitrogens with zero attached hydrogens (tertiary/aromatic N) is 4. The van der Waals surface area contributed by atoms with Crippen LogP contribution in [0.25, 0.3) is 0 Å². The number of carbonyl (C=O) groups excluding carboxylic acids is 12. The van der Waals surface area contributed by atoms with Crippen LogP contribution in [0, 0.1) is 41.4 Å². The van der Waals surface area contributed by atoms with Gasteiger partial charge in [-0.15, -0.1) is 0 Å². The van der Waals surface area contributed by atoms with Gasteiger partial charge in [0.1, 0.15) is 17.8 Å². The number of phenolic OH excluding ortho intramolecular Hbond substituents is 1. The Labute approximate surface area is 695 Å². The molecule has 0 radical (unpaired) electrons. The lowest BCUT2D eigenvalue weighted by molar-refractivity contribution is -0.137. The molecule has 0 aliphatic rings. The second-order valence-corrected chi connectivity index (χ2v) is 32.1. The largest absolute Gasteiger partial charge is 0.508 e. The summed E-state index contributed by atoms with van der Waals surface area (Å²) in [6.45, 7) is 11.6. The quantitative estimate of drug-likeness (QED) is 0.0209. The summed E-state index contributed by atoms with van der Waals surface area (Å²) in [5.74, 6) is -15.4. The number of imidazole rings is 1. The zero-order valence-corrected chi connectivity index (χ0v) is 70.5. The SMILES string of the molecule is CCCCCCCCCCCCCCCC(=O)N[C@@H](CC(C)C)C(=O)N[C@@H](C)C(=O)C[C@@H](Cc1ccc(O)cc1)C(=O)N[C@@H](Cc1ccccc1)C(=O)C[C@@H](CCCN=C(N)N)C(=O)N[C@@H](CCCN=C(N)N)C(=O)C[C@@H](CC(C)C)C(=O)N[C@@H](Cc1cnc[nH]1)C(=O)C[C@@H](CO)C(=O)N[C@H](C(=O)C[C@@H](CCCN=C(N)N)C(N)=O)[C@@H](C)O. The van der Waals surface area contributed by atoms with Gasteiger partial charge in [-0.25, -0.2) is 4.98 Å². The molecule has 0 fully saturated rings. The number of aromatic amines is 1. The number of unbranched alkanes of at least 4 members (excludes halogenated alkanes) is 12. The Morgan fingerprint density at radius 3 is 1.39 bits per heavy atom. The van der Waals surface area contributed by atoms with E-state index in [1.165, 1.54) is 89.9 Å². The molecule has 3 aromatic rings. The molecule has 0 bridgehead atoms. The predicted molar refractivity (Wildman–Crippen MR) is 454 cm³/mol. The van der Waals surface area contributed by atoms with Crippen molar-refractivity contribution in [3.63, 3.8) is 0 Å². The molecule has 2 aromatic carbocycles. The number of primary amides is 1. The van der Waals surface area contributed by atoms with E-state index in [9.17, 15) is 53.7 Å². The number of nitrogens with two attached hydrogens (primary N) is 7. The summed E-state index contributed by atoms with van der Waals surface area (Å²) in [6.07, 6.45) is 14.2. The lowest BCUT2D eigenvalue weighted by Gasteiger charge is -2.27. The molecule has 118 heavy (non-hydrogen) atoms. The van der Waals surface area contributed by atoms with Crippen LogP contribution in [0.3, 0.4) is 0 Å². The molecule has 33 heteroatoms. The number of nitrogens with one attached hydrogen (secondary N) is 7. The number of hydrogen-bond acceptors (Lipinski definition) is 19. The highest BCUT2D eigenvalue weighted by atomic mass is 16.3. The number of aromatic hydroxyl groups is 1. The summed E-state index contributed by atoms with van der Waals surface area (Å²) < 4.78 is 0. The molecular formula is C85H138N18O15. The topological polar surface area (TPSA) is 586 Å². The number of benzene rings is 2. The van der Waals surface area contributed by atoms with Crippen LogP contribution in [0.15, 0.2) is 82.1 Å². The predicted octanol–water partition coefficient (Wildman–Crippen LogP) is 4.54. The second kappa shape index (κ2) is 57.0. The Kier molecular flexibility index (Phi) is 49.3. The number of phenols is 1. The second-order valence-electron chi connectivity index (χ2n) is 32.1. The molecule has 3 rings (SSSR count). The number of rotatable bonds is 65. The average Bonchev–Trinajstić information content (AvgIpc) is 0.903. The first-order valence-electron chi connectivity index (χ1n) is 42.1. The molecule has 0 aliphatic heterocycles. The Morgan fingerprint density at radius 1 is 0.432 bits per heavy atom. The van der Waals surface area contributed by atoms with Gasteiger partial charge in [-0.05, 0) is 120 Å². The molecule has 33 nitrogen and oxygen atoms in total. The summed E-state index contributed by atoms with van der Waals surface area (Å²) in [5, 5.41) is 48.2. The highest BCUT2D eigenvalue weighted by Gasteiger charge is 2.38. The highest BCUT2D eigenvalue weighted by Crippen LogP contribution is 2.25. The minimum Gasteiger partial charge on any atom is -0.508 e. The first-order valence-corrected chi connectivity index (χ1v) is 42.1. The van der Waals surface area contributed by atoms with Gasteiger partial charge < -0.3 is 92.3 Å². The van der Waals surface area contributed by atoms with Crippen molar-refractivity contribution in [3.05, 3.63) is 83.9 Å². The molecule has 1 aromatic heterocycles. The number of aliphatic hydroxyl groups is 2. The summed E-state index contributed by atoms with van der Waals surface area (Å²) in [6, 6.07) is 6.95. The molecule has 0 saturated heterocycles. The van der Waals surface area contributed by atoms with E-state index in [1.807, 2.05) is 13.8 Å². The van der Waals surface area contributed by atoms with Gasteiger partial charge in [0.15, 0.2) is 46.8 Å². The van der Waals surface area contributed by atoms with Crippen molar-refractivity contribution in [2.45, 2.75) is 283 Å². The smallest absolute Gasteiger partial charge is 0.243 e. The van der Waals surface area contributed by atoms with Crippen molar-refractivity contribution in [1.29, 1.82) is 0 Å². The molecule has 0 saturated carbocycles. The first kappa shape index (κ1) is 102. The zero-order chi connectivity index (χ0) is 87.7. The van der Waals surface area contributed by atoms with Gasteiger partial charge in [-0.3, -0.25) is 72.5 Å². The van der Waals surface area contributed by atoms with E-state index in [1.54, 1.807) is 56.3 Å². The number of aliphatic imine (C=N–C) groups is 3. The molecule has 7 amide bonds. The molecule has 1 heterocycles. The van der Waals surface area contributed by atoms with E-state index < -0.39 is 175 Å². The van der Waals surface area contributed by atoms with Crippen molar-refractivity contribution in [2.75, 3.05) is 26.2 Å². The number of H-pyrrole nitrogens is 1. The van der Waals surface area contributed by atoms with Crippen LogP contribution in [-0.2, 0) is 76.8 Å². The van der Waals surface area contributed by atoms with Crippen molar-refractivity contribution in [1.82, 2.24) is 41.9 Å². The molecule has 0 spiro atoms. The Morgan fingerprint density at radius 2 is 0.881 bits per heavy atom. The van der Waals surface area contributed by atoms with Crippen LogP contribution in [0.1, 0.15) is 239 Å². The number of ketones is 5. The third-order valence-corrected chi connectivity index (χ3v) is 20.7. The van der Waals surface area contributed by atoms with Gasteiger partial charge in [0.05, 0.1) is 49.1 Å². The number of aliphatic hydroxyl groups excluding tert-OH is 2. The monoisotopic (exact) mass is 1650 g/mol. The minimum absolute atomic E-state index is 0.00285. The summed E-state index contributed by atoms with van der Waals surface area (Å²) >= 11 is 0. The van der Waals surface area contributed by atoms with E-state index in [0.717, 1.165) is 25.7 Å². The molecule has 658 valence electrons. The first-order chi connectivity index (χ1) is 56.1. The number of amides is 7. The van der Waals surface area contributed by atoms with Gasteiger partial charge in [0.25, 0.3) is 0 Å². The third kappa shape index (κ3) is 42.8. The number of aromatic nitrogens is 2. The van der Waals surface area contributed by atoms with E-state index in [-0.39, 0.29) is 132 Å². The molecular weight excluding hydrogens is 1510 g/mol. The van der Waals surface area contributed by atoms with Crippen molar-refractivity contribution < 1.29 is 72.9 Å². The van der Waals surface area contributed by atoms with Crippen LogP contribution < -0.4 is 72.0 Å². The van der Waals surface area contributed by atoms with E-state index in [2.05, 4.69) is 63.8 Å². The van der Waals surface area contributed by atoms with Crippen molar-refractivity contribution in [3.8, 4) is 5.75 Å². The standard InChI is InChI=1S/C85H138N18O15/c1-8-9-10-11-12-13-14-15-16-17-18-19-23-32-75(112)99-69(41-54(4)5)82(118)98-55(6)70(107)46-62(42-58-33-35-65(106)36-34-58)80(116)101-67(43-57-27-21-20-22-28-57)72(109)45-60(30-25-38-95-84(89)90)78(114)100-66(31-26-39-96-85(91)92)71(108)47-61(40-53(2)3)79(115)102-68(49-64-50-93-52-97-64)73(110)48-63(51-104)81(117)103-76(56(7)105)74(111)44-59(77(86)113)29-24-37-94-83(87)88/h20-22,27-28,33-36,50,52-56,59-63,66-69,76,104-106H,8-19,23-26,29-32,37-49,51H2,1-7H3,(H2,86,113)(H,93,97)(H,98,118)(H,99,112)(H,100,114)(H,101,116)(H,102,115)(H,103,117)(H4,87,88,94)(H4,89,90,95)(H4,91,92,96)/t55-,56+,59+,60+,61+,62+,63-,66-,67-,68-,69-,76-/m0/s1.